The van der Waals surface area contributed by atoms with Crippen molar-refractivity contribution in [1.29, 1.82) is 0 Å². The van der Waals surface area contributed by atoms with Crippen molar-refractivity contribution in [3.05, 3.63) is 0 Å². The quantitative estimate of drug-likeness (QED) is 0.592. The summed E-state index contributed by atoms with van der Waals surface area (Å²) in [6, 6.07) is 0. The summed E-state index contributed by atoms with van der Waals surface area (Å²) in [5.74, 6) is -0.410. The smallest absolute Gasteiger partial charge is 0.401 e. The molecule has 0 amide bonds. The van der Waals surface area contributed by atoms with E-state index in [9.17, 15) is 18.0 Å². The van der Waals surface area contributed by atoms with Gasteiger partial charge in [0.2, 0.25) is 0 Å². The van der Waals surface area contributed by atoms with Crippen LogP contribution in [0.25, 0.3) is 0 Å². The van der Waals surface area contributed by atoms with Crippen LogP contribution in [0.5, 0.6) is 0 Å². The number of hydrogen-bond acceptors (Lipinski definition) is 3. The Hall–Kier alpha value is -0.100. The lowest BCUT2D eigenvalue weighted by Gasteiger charge is -2.28. The maximum atomic E-state index is 12.7. The second-order valence-electron chi connectivity index (χ2n) is 5.19. The Morgan fingerprint density at radius 3 is 2.78 bits per heavy atom. The molecule has 0 aromatic carbocycles. The summed E-state index contributed by atoms with van der Waals surface area (Å²) in [7, 11) is 0. The molecule has 3 fully saturated rings. The summed E-state index contributed by atoms with van der Waals surface area (Å²) >= 11 is 6.26. The number of ether oxygens (including phenoxy) is 1. The van der Waals surface area contributed by atoms with E-state index in [-0.39, 0.29) is 35.1 Å². The molecule has 0 unspecified atom stereocenters. The van der Waals surface area contributed by atoms with Gasteiger partial charge in [0.25, 0.3) is 0 Å². The topological polar surface area (TPSA) is 26.3 Å². The number of carbonyl (C=O) groups is 1. The molecule has 2 saturated carbocycles. The predicted octanol–water partition coefficient (Wildman–Crippen LogP) is 2.84. The minimum Gasteiger partial charge on any atom is -0.461 e. The molecule has 2 bridgehead atoms. The van der Waals surface area contributed by atoms with E-state index in [1.165, 1.54) is 0 Å². The van der Waals surface area contributed by atoms with E-state index in [0.29, 0.717) is 6.42 Å². The third-order valence-corrected chi connectivity index (χ3v) is 6.46. The highest BCUT2D eigenvalue weighted by Crippen LogP contribution is 2.59. The molecule has 1 saturated heterocycles. The van der Waals surface area contributed by atoms with Crippen LogP contribution in [-0.4, -0.2) is 34.6 Å². The molecule has 0 radical (unpaired) electrons. The summed E-state index contributed by atoms with van der Waals surface area (Å²) in [5, 5.41) is -1.80. The summed E-state index contributed by atoms with van der Waals surface area (Å²) in [5.41, 5.74) is 0. The van der Waals surface area contributed by atoms with Crippen LogP contribution in [0.1, 0.15) is 12.8 Å². The van der Waals surface area contributed by atoms with Crippen molar-refractivity contribution in [3.63, 3.8) is 0 Å². The number of rotatable bonds is 3. The van der Waals surface area contributed by atoms with E-state index < -0.39 is 17.3 Å². The van der Waals surface area contributed by atoms with Crippen molar-refractivity contribution in [2.24, 2.45) is 17.8 Å². The summed E-state index contributed by atoms with van der Waals surface area (Å²) in [4.78, 5) is 11.5. The van der Waals surface area contributed by atoms with Crippen molar-refractivity contribution in [2.75, 3.05) is 5.88 Å². The number of halogens is 4. The van der Waals surface area contributed by atoms with Crippen LogP contribution in [0.3, 0.4) is 0 Å². The Balaban J connectivity index is 1.73. The Morgan fingerprint density at radius 2 is 2.17 bits per heavy atom. The molecule has 0 spiro atoms. The van der Waals surface area contributed by atoms with Crippen LogP contribution in [0.15, 0.2) is 0 Å². The summed E-state index contributed by atoms with van der Waals surface area (Å²) in [6.07, 6.45) is -3.11. The number of alkyl halides is 4. The number of esters is 1. The number of thioether (sulfide) groups is 1. The van der Waals surface area contributed by atoms with Gasteiger partial charge in [-0.15, -0.1) is 23.4 Å². The fourth-order valence-electron chi connectivity index (χ4n) is 3.48. The molecule has 1 aliphatic heterocycles. The highest BCUT2D eigenvalue weighted by Gasteiger charge is 2.62. The second kappa shape index (κ2) is 4.20. The zero-order valence-corrected chi connectivity index (χ0v) is 10.9. The highest BCUT2D eigenvalue weighted by molar-refractivity contribution is 8.00. The molecule has 2 nitrogen and oxygen atoms in total. The Kier molecular flexibility index (Phi) is 3.01. The fraction of sp³-hybridized carbons (Fsp3) is 0.909. The molecule has 0 N–H and O–H groups in total. The van der Waals surface area contributed by atoms with Gasteiger partial charge in [0.15, 0.2) is 0 Å². The normalized spacial score (nSPS) is 43.3. The van der Waals surface area contributed by atoms with Gasteiger partial charge in [-0.25, -0.2) is 0 Å². The molecular weight excluding hydrogens is 289 g/mol. The predicted molar refractivity (Wildman–Crippen MR) is 61.5 cm³/mol. The van der Waals surface area contributed by atoms with Gasteiger partial charge in [-0.05, 0) is 18.8 Å². The SMILES string of the molecule is O=C1O[C@H]2[C@H]3C[C@@H](C[C@H]13)[C@H]2S[C@H](CCl)C(F)(F)F. The van der Waals surface area contributed by atoms with Crippen molar-refractivity contribution >= 4 is 29.3 Å². The minimum atomic E-state index is -4.30. The first kappa shape index (κ1) is 12.9. The van der Waals surface area contributed by atoms with Crippen LogP contribution in [0.2, 0.25) is 0 Å². The average Bonchev–Trinajstić information content (AvgIpc) is 2.86. The fourth-order valence-corrected chi connectivity index (χ4v) is 5.34. The van der Waals surface area contributed by atoms with E-state index in [1.54, 1.807) is 0 Å². The van der Waals surface area contributed by atoms with Gasteiger partial charge in [0, 0.05) is 17.0 Å². The van der Waals surface area contributed by atoms with Crippen molar-refractivity contribution in [2.45, 2.75) is 35.6 Å². The molecule has 102 valence electrons. The van der Waals surface area contributed by atoms with Crippen LogP contribution in [-0.2, 0) is 9.53 Å². The van der Waals surface area contributed by atoms with Gasteiger partial charge in [-0.2, -0.15) is 13.2 Å². The van der Waals surface area contributed by atoms with E-state index in [4.69, 9.17) is 16.3 Å². The van der Waals surface area contributed by atoms with Gasteiger partial charge < -0.3 is 4.74 Å². The third kappa shape index (κ3) is 1.83. The first-order chi connectivity index (χ1) is 8.41. The van der Waals surface area contributed by atoms with Gasteiger partial charge in [0.1, 0.15) is 11.4 Å². The second-order valence-corrected chi connectivity index (χ2v) is 6.88. The summed E-state index contributed by atoms with van der Waals surface area (Å²) < 4.78 is 43.4. The maximum absolute atomic E-state index is 12.7. The van der Waals surface area contributed by atoms with Gasteiger partial charge in [0.05, 0.1) is 5.92 Å². The molecule has 18 heavy (non-hydrogen) atoms. The highest BCUT2D eigenvalue weighted by atomic mass is 35.5. The number of carbonyl (C=O) groups excluding carboxylic acids is 1. The first-order valence-electron chi connectivity index (χ1n) is 5.90. The Bertz CT molecular complexity index is 376. The van der Waals surface area contributed by atoms with E-state index >= 15 is 0 Å². The molecule has 3 aliphatic rings. The molecule has 3 rings (SSSR count). The largest absolute Gasteiger partial charge is 0.461 e. The van der Waals surface area contributed by atoms with E-state index in [0.717, 1.165) is 18.2 Å². The molecular formula is C11H12ClF3O2S. The van der Waals surface area contributed by atoms with Gasteiger partial charge in [-0.3, -0.25) is 4.79 Å². The van der Waals surface area contributed by atoms with Gasteiger partial charge >= 0.3 is 12.1 Å². The van der Waals surface area contributed by atoms with Crippen molar-refractivity contribution in [3.8, 4) is 0 Å². The molecule has 6 atom stereocenters. The number of fused-ring (bicyclic) bond motifs is 1. The average molecular weight is 301 g/mol. The number of hydrogen-bond donors (Lipinski definition) is 0. The monoisotopic (exact) mass is 300 g/mol. The van der Waals surface area contributed by atoms with Gasteiger partial charge in [-0.1, -0.05) is 0 Å². The lowest BCUT2D eigenvalue weighted by atomic mass is 9.89. The third-order valence-electron chi connectivity index (χ3n) is 4.24. The first-order valence-corrected chi connectivity index (χ1v) is 7.38. The lowest BCUT2D eigenvalue weighted by molar-refractivity contribution is -0.143. The standard InChI is InChI=1S/C11H12ClF3O2S/c12-3-7(11(13,14)15)18-9-4-1-5-6(2-4)10(16)17-8(5)9/h4-9H,1-3H2/t4-,5-,6-,7+,8-,9+/m0/s1. The Morgan fingerprint density at radius 1 is 1.44 bits per heavy atom. The Labute approximate surface area is 112 Å². The summed E-state index contributed by atoms with van der Waals surface area (Å²) in [6.45, 7) is 0. The molecule has 1 heterocycles. The van der Waals surface area contributed by atoms with Crippen LogP contribution in [0, 0.1) is 17.8 Å². The van der Waals surface area contributed by atoms with Crippen LogP contribution in [0.4, 0.5) is 13.2 Å². The molecule has 0 aromatic rings. The van der Waals surface area contributed by atoms with Crippen LogP contribution >= 0.6 is 23.4 Å². The van der Waals surface area contributed by atoms with Crippen molar-refractivity contribution in [1.82, 2.24) is 0 Å². The van der Waals surface area contributed by atoms with Crippen molar-refractivity contribution < 1.29 is 22.7 Å². The lowest BCUT2D eigenvalue weighted by Crippen LogP contribution is -2.36. The maximum Gasteiger partial charge on any atom is 0.401 e. The minimum absolute atomic E-state index is 0.0582. The molecule has 2 aliphatic carbocycles. The molecule has 0 aromatic heterocycles. The molecule has 7 heteroatoms. The van der Waals surface area contributed by atoms with Crippen LogP contribution < -0.4 is 0 Å². The zero-order chi connectivity index (χ0) is 13.1. The zero-order valence-electron chi connectivity index (χ0n) is 9.32. The van der Waals surface area contributed by atoms with E-state index in [2.05, 4.69) is 0 Å². The van der Waals surface area contributed by atoms with E-state index in [1.807, 2.05) is 0 Å².